The molecule has 32 heavy (non-hydrogen) atoms. The summed E-state index contributed by atoms with van der Waals surface area (Å²) >= 11 is 2.79. The summed E-state index contributed by atoms with van der Waals surface area (Å²) in [5, 5.41) is 1.52. The van der Waals surface area contributed by atoms with Gasteiger partial charge in [-0.2, -0.15) is 0 Å². The van der Waals surface area contributed by atoms with E-state index in [-0.39, 0.29) is 17.1 Å². The Morgan fingerprint density at radius 3 is 2.69 bits per heavy atom. The maximum atomic E-state index is 12.9. The van der Waals surface area contributed by atoms with Gasteiger partial charge in [-0.15, -0.1) is 11.3 Å². The van der Waals surface area contributed by atoms with Crippen molar-refractivity contribution >= 4 is 44.9 Å². The molecule has 10 heteroatoms. The lowest BCUT2D eigenvalue weighted by atomic mass is 10.2. The number of benzene rings is 1. The molecule has 0 aliphatic rings. The second kappa shape index (κ2) is 9.09. The fourth-order valence-corrected chi connectivity index (χ4v) is 5.43. The molecule has 0 fully saturated rings. The predicted octanol–water partition coefficient (Wildman–Crippen LogP) is 3.48. The first-order chi connectivity index (χ1) is 15.4. The summed E-state index contributed by atoms with van der Waals surface area (Å²) in [5.41, 5.74) is 5.52. The van der Waals surface area contributed by atoms with Crippen molar-refractivity contribution in [1.29, 1.82) is 0 Å². The minimum Gasteiger partial charge on any atom is -0.384 e. The van der Waals surface area contributed by atoms with E-state index in [1.807, 2.05) is 43.3 Å². The number of H-pyrrole nitrogens is 1. The number of aryl methyl sites for hydroxylation is 1. The van der Waals surface area contributed by atoms with Crippen molar-refractivity contribution in [1.82, 2.24) is 19.5 Å². The number of anilines is 1. The molecule has 0 atom stereocenters. The summed E-state index contributed by atoms with van der Waals surface area (Å²) < 4.78 is 1.22. The lowest BCUT2D eigenvalue weighted by Gasteiger charge is -2.11. The molecule has 0 unspecified atom stereocenters. The highest BCUT2D eigenvalue weighted by atomic mass is 32.2. The van der Waals surface area contributed by atoms with E-state index < -0.39 is 17.0 Å². The van der Waals surface area contributed by atoms with Gasteiger partial charge in [0.2, 0.25) is 0 Å². The van der Waals surface area contributed by atoms with Crippen LogP contribution in [-0.4, -0.2) is 31.1 Å². The van der Waals surface area contributed by atoms with E-state index in [0.29, 0.717) is 23.8 Å². The average molecular weight is 468 g/mol. The Morgan fingerprint density at radius 2 is 1.97 bits per heavy atom. The normalized spacial score (nSPS) is 11.2. The van der Waals surface area contributed by atoms with Gasteiger partial charge in [0.05, 0.1) is 5.75 Å². The van der Waals surface area contributed by atoms with Gasteiger partial charge in [-0.25, -0.2) is 14.8 Å². The standard InChI is InChI=1S/C22H21N5O3S2/c1-3-9-27-18(23)17(19(29)26-22(27)30)15(28)11-31-20-14-10-16(13-7-5-4-6-8-13)32-21(14)25-12(2)24-20/h4-8,10H,3,9,11,23H2,1-2H3,(H,26,29,30). The predicted molar refractivity (Wildman–Crippen MR) is 129 cm³/mol. The number of hydrogen-bond acceptors (Lipinski definition) is 8. The highest BCUT2D eigenvalue weighted by Gasteiger charge is 2.20. The Balaban J connectivity index is 1.66. The van der Waals surface area contributed by atoms with Crippen LogP contribution in [0.2, 0.25) is 0 Å². The second-order valence-electron chi connectivity index (χ2n) is 7.15. The highest BCUT2D eigenvalue weighted by Crippen LogP contribution is 2.36. The summed E-state index contributed by atoms with van der Waals surface area (Å²) in [5.74, 6) is 0.000987. The Kier molecular flexibility index (Phi) is 6.24. The number of fused-ring (bicyclic) bond motifs is 1. The van der Waals surface area contributed by atoms with Gasteiger partial charge in [-0.1, -0.05) is 49.0 Å². The van der Waals surface area contributed by atoms with Crippen molar-refractivity contribution in [3.8, 4) is 10.4 Å². The van der Waals surface area contributed by atoms with Crippen molar-refractivity contribution in [3.05, 3.63) is 68.6 Å². The highest BCUT2D eigenvalue weighted by molar-refractivity contribution is 8.00. The number of ketones is 1. The quantitative estimate of drug-likeness (QED) is 0.242. The van der Waals surface area contributed by atoms with Crippen molar-refractivity contribution in [2.45, 2.75) is 31.8 Å². The van der Waals surface area contributed by atoms with Crippen LogP contribution in [0.4, 0.5) is 5.82 Å². The number of thioether (sulfide) groups is 1. The first kappa shape index (κ1) is 22.0. The van der Waals surface area contributed by atoms with Crippen LogP contribution in [0.5, 0.6) is 0 Å². The van der Waals surface area contributed by atoms with Gasteiger partial charge >= 0.3 is 5.69 Å². The summed E-state index contributed by atoms with van der Waals surface area (Å²) in [6, 6.07) is 12.0. The fourth-order valence-electron chi connectivity index (χ4n) is 3.36. The first-order valence-corrected chi connectivity index (χ1v) is 11.8. The molecule has 0 aliphatic carbocycles. The molecule has 164 valence electrons. The monoisotopic (exact) mass is 467 g/mol. The molecule has 3 aromatic heterocycles. The number of carbonyl (C=O) groups is 1. The summed E-state index contributed by atoms with van der Waals surface area (Å²) in [7, 11) is 0. The molecule has 1 aromatic carbocycles. The second-order valence-corrected chi connectivity index (χ2v) is 9.15. The molecule has 0 radical (unpaired) electrons. The van der Waals surface area contributed by atoms with E-state index in [4.69, 9.17) is 5.73 Å². The maximum absolute atomic E-state index is 12.9. The summed E-state index contributed by atoms with van der Waals surface area (Å²) in [4.78, 5) is 50.3. The number of aromatic nitrogens is 4. The van der Waals surface area contributed by atoms with Gasteiger partial charge in [0, 0.05) is 16.8 Å². The number of aromatic amines is 1. The molecule has 0 amide bonds. The van der Waals surface area contributed by atoms with Gasteiger partial charge in [0.1, 0.15) is 27.1 Å². The van der Waals surface area contributed by atoms with Crippen molar-refractivity contribution < 1.29 is 4.79 Å². The van der Waals surface area contributed by atoms with Gasteiger partial charge in [0.25, 0.3) is 5.56 Å². The Labute approximate surface area is 191 Å². The van der Waals surface area contributed by atoms with Crippen molar-refractivity contribution in [2.24, 2.45) is 0 Å². The Morgan fingerprint density at radius 1 is 1.22 bits per heavy atom. The topological polar surface area (TPSA) is 124 Å². The third-order valence-electron chi connectivity index (χ3n) is 4.83. The molecule has 8 nitrogen and oxygen atoms in total. The smallest absolute Gasteiger partial charge is 0.329 e. The van der Waals surface area contributed by atoms with E-state index in [9.17, 15) is 14.4 Å². The van der Waals surface area contributed by atoms with E-state index >= 15 is 0 Å². The van der Waals surface area contributed by atoms with E-state index in [1.165, 1.54) is 16.3 Å². The third kappa shape index (κ3) is 4.23. The van der Waals surface area contributed by atoms with Crippen LogP contribution in [0.1, 0.15) is 29.5 Å². The van der Waals surface area contributed by atoms with Crippen LogP contribution in [-0.2, 0) is 6.54 Å². The Bertz CT molecular complexity index is 1420. The number of thiophene rings is 1. The maximum Gasteiger partial charge on any atom is 0.329 e. The molecule has 3 heterocycles. The van der Waals surface area contributed by atoms with Crippen LogP contribution in [0, 0.1) is 6.92 Å². The Hall–Kier alpha value is -3.24. The van der Waals surface area contributed by atoms with Crippen LogP contribution >= 0.6 is 23.1 Å². The number of nitrogens with two attached hydrogens (primary N) is 1. The first-order valence-electron chi connectivity index (χ1n) is 10.0. The molecular weight excluding hydrogens is 446 g/mol. The zero-order valence-electron chi connectivity index (χ0n) is 17.5. The number of carbonyl (C=O) groups excluding carboxylic acids is 1. The van der Waals surface area contributed by atoms with Gasteiger partial charge in [0.15, 0.2) is 5.78 Å². The number of hydrogen-bond donors (Lipinski definition) is 2. The van der Waals surface area contributed by atoms with Gasteiger partial charge in [-0.05, 0) is 25.0 Å². The minimum atomic E-state index is -0.767. The van der Waals surface area contributed by atoms with Crippen LogP contribution in [0.25, 0.3) is 20.7 Å². The van der Waals surface area contributed by atoms with Crippen molar-refractivity contribution in [2.75, 3.05) is 11.5 Å². The molecule has 4 aromatic rings. The number of Topliss-reactive ketones (excluding diaryl/α,β-unsaturated/α-hetero) is 1. The fraction of sp³-hybridized carbons (Fsp3) is 0.227. The van der Waals surface area contributed by atoms with Gasteiger partial charge in [-0.3, -0.25) is 19.1 Å². The zero-order chi connectivity index (χ0) is 22.8. The average Bonchev–Trinajstić information content (AvgIpc) is 3.19. The molecule has 0 saturated carbocycles. The number of rotatable bonds is 7. The molecular formula is C22H21N5O3S2. The van der Waals surface area contributed by atoms with E-state index in [1.54, 1.807) is 18.3 Å². The summed E-state index contributed by atoms with van der Waals surface area (Å²) in [6.45, 7) is 4.00. The lowest BCUT2D eigenvalue weighted by Crippen LogP contribution is -2.36. The number of nitrogens with one attached hydrogen (secondary N) is 1. The van der Waals surface area contributed by atoms with Crippen LogP contribution < -0.4 is 17.0 Å². The molecule has 0 spiro atoms. The molecule has 3 N–H and O–H groups in total. The number of nitrogen functional groups attached to an aromatic ring is 1. The molecule has 4 rings (SSSR count). The van der Waals surface area contributed by atoms with Crippen LogP contribution in [0.15, 0.2) is 51.0 Å². The minimum absolute atomic E-state index is 0.0420. The van der Waals surface area contributed by atoms with Crippen molar-refractivity contribution in [3.63, 3.8) is 0 Å². The number of nitrogens with zero attached hydrogens (tertiary/aromatic N) is 3. The summed E-state index contributed by atoms with van der Waals surface area (Å²) in [6.07, 6.45) is 0.638. The third-order valence-corrected chi connectivity index (χ3v) is 6.90. The molecule has 0 saturated heterocycles. The van der Waals surface area contributed by atoms with Crippen LogP contribution in [0.3, 0.4) is 0 Å². The SMILES string of the molecule is CCCn1c(N)c(C(=O)CSc2nc(C)nc3sc(-c4ccccc4)cc23)c(=O)[nH]c1=O. The van der Waals surface area contributed by atoms with Gasteiger partial charge < -0.3 is 5.73 Å². The lowest BCUT2D eigenvalue weighted by molar-refractivity contribution is 0.102. The zero-order valence-corrected chi connectivity index (χ0v) is 19.2. The van der Waals surface area contributed by atoms with E-state index in [0.717, 1.165) is 20.7 Å². The largest absolute Gasteiger partial charge is 0.384 e. The van der Waals surface area contributed by atoms with E-state index in [2.05, 4.69) is 15.0 Å². The molecule has 0 aliphatic heterocycles. The molecule has 0 bridgehead atoms.